The van der Waals surface area contributed by atoms with Crippen molar-refractivity contribution in [1.82, 2.24) is 41.0 Å². The predicted octanol–water partition coefficient (Wildman–Crippen LogP) is 0.728. The Labute approximate surface area is 444 Å². The van der Waals surface area contributed by atoms with Crippen LogP contribution in [0.3, 0.4) is 0 Å². The standard InChI is InChI=1S/C53H69FN8O15/c1-6-53(71)36-25-40-48-34(27-62(40)51(69)35(36)28-77-52(53)70)46-38(8-7-33-31(4)37(54)26-39(59-48)45(33)46)57-29-76-18-14-56-49(67)32(5)58-50(68)47(30(2)3)60-42(64)12-16-72-19-21-74-23-24-75-22-20-73-17-13-55-41(63)11-15-61-43(65)9-10-44(61)66/h9-10,25-26,30,32,38,47,57,71H,6-8,11-24,27-29H2,1-5H3,(H,55,63)(H,56,67)(H,58,68)(H,60,64)/t32-,38-,47-,53-/m0/s1. The van der Waals surface area contributed by atoms with Gasteiger partial charge in [0, 0.05) is 73.2 Å². The summed E-state index contributed by atoms with van der Waals surface area (Å²) in [5, 5.41) is 26.4. The zero-order valence-electron chi connectivity index (χ0n) is 44.1. The van der Waals surface area contributed by atoms with E-state index in [2.05, 4.69) is 26.6 Å². The molecule has 5 heterocycles. The Kier molecular flexibility index (Phi) is 20.1. The number of rotatable bonds is 30. The summed E-state index contributed by atoms with van der Waals surface area (Å²) in [4.78, 5) is 107. The summed E-state index contributed by atoms with van der Waals surface area (Å²) in [7, 11) is 0. The van der Waals surface area contributed by atoms with E-state index in [1.807, 2.05) is 0 Å². The third-order valence-corrected chi connectivity index (χ3v) is 14.0. The molecular weight excluding hydrogens is 1010 g/mol. The molecule has 0 spiro atoms. The van der Waals surface area contributed by atoms with Crippen LogP contribution in [0.4, 0.5) is 4.39 Å². The molecule has 23 nitrogen and oxygen atoms in total. The van der Waals surface area contributed by atoms with Crippen LogP contribution in [0.2, 0.25) is 0 Å². The van der Waals surface area contributed by atoms with Gasteiger partial charge in [-0.25, -0.2) is 14.2 Å². The van der Waals surface area contributed by atoms with Crippen LogP contribution in [0.25, 0.3) is 22.3 Å². The molecule has 0 fully saturated rings. The number of imide groups is 1. The largest absolute Gasteiger partial charge is 0.458 e. The predicted molar refractivity (Wildman–Crippen MR) is 273 cm³/mol. The second-order valence-corrected chi connectivity index (χ2v) is 19.4. The number of nitrogens with zero attached hydrogens (tertiary/aromatic N) is 3. The van der Waals surface area contributed by atoms with E-state index >= 15 is 4.39 Å². The van der Waals surface area contributed by atoms with Gasteiger partial charge in [-0.2, -0.15) is 0 Å². The molecule has 4 atom stereocenters. The minimum atomic E-state index is -2.00. The first-order chi connectivity index (χ1) is 36.9. The van der Waals surface area contributed by atoms with Crippen LogP contribution in [0, 0.1) is 18.7 Å². The lowest BCUT2D eigenvalue weighted by Crippen LogP contribution is -2.54. The van der Waals surface area contributed by atoms with Gasteiger partial charge in [0.15, 0.2) is 5.60 Å². The van der Waals surface area contributed by atoms with Crippen molar-refractivity contribution < 1.29 is 71.5 Å². The molecule has 418 valence electrons. The van der Waals surface area contributed by atoms with Crippen molar-refractivity contribution in [3.05, 3.63) is 73.8 Å². The maximum atomic E-state index is 15.3. The monoisotopic (exact) mass is 1080 g/mol. The number of carbonyl (C=O) groups excluding carboxylic acids is 7. The first-order valence-electron chi connectivity index (χ1n) is 26.1. The van der Waals surface area contributed by atoms with E-state index in [-0.39, 0.29) is 121 Å². The SMILES string of the molecule is CC[C@@]1(O)C(=O)OCc2c1cc1n(c2=O)Cc2c-1nc1cc(F)c(C)c3c1c2[C@@H](NCOCCNC(=O)[C@H](C)NC(=O)[C@@H](NC(=O)CCOCCOCCOCCOCCNC(=O)CCN1C(=O)C=CC1=O)C(C)C)CC3. The Morgan fingerprint density at radius 1 is 0.818 bits per heavy atom. The topological polar surface area (TPSA) is 293 Å². The summed E-state index contributed by atoms with van der Waals surface area (Å²) in [6.07, 6.45) is 3.49. The van der Waals surface area contributed by atoms with Gasteiger partial charge in [0.25, 0.3) is 17.4 Å². The van der Waals surface area contributed by atoms with Gasteiger partial charge < -0.3 is 59.4 Å². The Morgan fingerprint density at radius 2 is 1.47 bits per heavy atom. The Morgan fingerprint density at radius 3 is 2.14 bits per heavy atom. The van der Waals surface area contributed by atoms with Gasteiger partial charge in [-0.1, -0.05) is 20.8 Å². The third-order valence-electron chi connectivity index (χ3n) is 14.0. The molecular formula is C53H69FN8O15. The van der Waals surface area contributed by atoms with Gasteiger partial charge in [-0.15, -0.1) is 0 Å². The summed E-state index contributed by atoms with van der Waals surface area (Å²) in [5.41, 5.74) is 2.32. The number of carbonyl (C=O) groups is 7. The van der Waals surface area contributed by atoms with Gasteiger partial charge in [-0.3, -0.25) is 43.8 Å². The van der Waals surface area contributed by atoms with Crippen LogP contribution in [0.15, 0.2) is 29.1 Å². The van der Waals surface area contributed by atoms with E-state index in [0.29, 0.717) is 61.7 Å². The van der Waals surface area contributed by atoms with Crippen LogP contribution in [-0.4, -0.2) is 159 Å². The molecule has 2 aromatic heterocycles. The second-order valence-electron chi connectivity index (χ2n) is 19.4. The summed E-state index contributed by atoms with van der Waals surface area (Å²) >= 11 is 0. The zero-order chi connectivity index (χ0) is 55.4. The molecule has 3 aromatic rings. The molecule has 6 amide bonds. The average molecular weight is 1080 g/mol. The molecule has 0 unspecified atom stereocenters. The van der Waals surface area contributed by atoms with Crippen molar-refractivity contribution in [1.29, 1.82) is 0 Å². The molecule has 24 heteroatoms. The summed E-state index contributed by atoms with van der Waals surface area (Å²) in [6, 6.07) is 0.916. The quantitative estimate of drug-likeness (QED) is 0.0182. The molecule has 0 bridgehead atoms. The van der Waals surface area contributed by atoms with Gasteiger partial charge >= 0.3 is 5.97 Å². The van der Waals surface area contributed by atoms with Crippen molar-refractivity contribution in [3.8, 4) is 11.4 Å². The van der Waals surface area contributed by atoms with Crippen LogP contribution >= 0.6 is 0 Å². The Balaban J connectivity index is 0.759. The number of aryl methyl sites for hydroxylation is 1. The molecule has 0 saturated carbocycles. The average Bonchev–Trinajstić information content (AvgIpc) is 3.98. The van der Waals surface area contributed by atoms with Crippen molar-refractivity contribution in [2.24, 2.45) is 5.92 Å². The molecule has 6 N–H and O–H groups in total. The highest BCUT2D eigenvalue weighted by molar-refractivity contribution is 6.13. The Bertz CT molecular complexity index is 2800. The van der Waals surface area contributed by atoms with Crippen molar-refractivity contribution >= 4 is 52.3 Å². The highest BCUT2D eigenvalue weighted by Crippen LogP contribution is 2.46. The normalized spacial score (nSPS) is 18.0. The molecule has 0 saturated heterocycles. The lowest BCUT2D eigenvalue weighted by molar-refractivity contribution is -0.172. The molecule has 3 aliphatic heterocycles. The van der Waals surface area contributed by atoms with Crippen LogP contribution in [0.1, 0.15) is 92.8 Å². The lowest BCUT2D eigenvalue weighted by Gasteiger charge is -2.31. The highest BCUT2D eigenvalue weighted by atomic mass is 19.1. The number of aromatic nitrogens is 2. The maximum absolute atomic E-state index is 15.3. The Hall–Kier alpha value is -6.54. The van der Waals surface area contributed by atoms with E-state index in [9.17, 15) is 43.5 Å². The lowest BCUT2D eigenvalue weighted by atomic mass is 9.81. The summed E-state index contributed by atoms with van der Waals surface area (Å²) in [5.74, 6) is -4.03. The van der Waals surface area contributed by atoms with Gasteiger partial charge in [0.05, 0.1) is 95.2 Å². The number of hydrogen-bond donors (Lipinski definition) is 6. The van der Waals surface area contributed by atoms with Gasteiger partial charge in [0.2, 0.25) is 23.6 Å². The number of esters is 1. The summed E-state index contributed by atoms with van der Waals surface area (Å²) in [6.45, 7) is 11.1. The smallest absolute Gasteiger partial charge is 0.343 e. The fourth-order valence-corrected chi connectivity index (χ4v) is 9.68. The molecule has 7 rings (SSSR count). The van der Waals surface area contributed by atoms with E-state index < -0.39 is 64.6 Å². The first-order valence-corrected chi connectivity index (χ1v) is 26.1. The number of amides is 6. The van der Waals surface area contributed by atoms with Crippen molar-refractivity contribution in [2.75, 3.05) is 85.8 Å². The minimum Gasteiger partial charge on any atom is -0.458 e. The third kappa shape index (κ3) is 13.8. The number of benzene rings is 1. The fourth-order valence-electron chi connectivity index (χ4n) is 9.68. The molecule has 1 aromatic carbocycles. The van der Waals surface area contributed by atoms with Crippen molar-refractivity contribution in [2.45, 2.75) is 104 Å². The molecule has 77 heavy (non-hydrogen) atoms. The van der Waals surface area contributed by atoms with Gasteiger partial charge in [-0.05, 0) is 61.8 Å². The van der Waals surface area contributed by atoms with Gasteiger partial charge in [0.1, 0.15) is 24.5 Å². The maximum Gasteiger partial charge on any atom is 0.343 e. The number of fused-ring (bicyclic) bond motifs is 5. The van der Waals surface area contributed by atoms with Crippen LogP contribution in [-0.2, 0) is 87.2 Å². The number of pyridine rings is 2. The number of halogens is 1. The second kappa shape index (κ2) is 26.7. The number of aliphatic hydroxyl groups is 1. The number of nitrogens with one attached hydrogen (secondary N) is 5. The molecule has 0 radical (unpaired) electrons. The molecule has 4 aliphatic rings. The van der Waals surface area contributed by atoms with E-state index in [4.69, 9.17) is 33.4 Å². The first kappa shape index (κ1) is 58.1. The highest BCUT2D eigenvalue weighted by Gasteiger charge is 2.46. The van der Waals surface area contributed by atoms with E-state index in [0.717, 1.165) is 27.0 Å². The van der Waals surface area contributed by atoms with Crippen molar-refractivity contribution in [3.63, 3.8) is 0 Å². The van der Waals surface area contributed by atoms with Crippen LogP contribution in [0.5, 0.6) is 0 Å². The van der Waals surface area contributed by atoms with E-state index in [1.165, 1.54) is 25.1 Å². The zero-order valence-corrected chi connectivity index (χ0v) is 44.1. The summed E-state index contributed by atoms with van der Waals surface area (Å²) < 4.78 is 49.9. The minimum absolute atomic E-state index is 0.00223. The number of cyclic esters (lactones) is 1. The number of hydrogen-bond acceptors (Lipinski definition) is 17. The number of ether oxygens (including phenoxy) is 6. The fraction of sp³-hybridized carbons (Fsp3) is 0.566. The van der Waals surface area contributed by atoms with Crippen LogP contribution < -0.4 is 32.1 Å². The molecule has 1 aliphatic carbocycles. The van der Waals surface area contributed by atoms with E-state index in [1.54, 1.807) is 38.3 Å².